The first kappa shape index (κ1) is 33.7. The molecular formula is C35H33BrN2O8S. The van der Waals surface area contributed by atoms with Gasteiger partial charge in [-0.3, -0.25) is 9.36 Å². The Morgan fingerprint density at radius 3 is 2.49 bits per heavy atom. The number of nitrogens with zero attached hydrogens (tertiary/aromatic N) is 2. The number of rotatable bonds is 12. The Hall–Kier alpha value is -4.68. The summed E-state index contributed by atoms with van der Waals surface area (Å²) in [6.07, 6.45) is 1.78. The average molecular weight is 722 g/mol. The van der Waals surface area contributed by atoms with E-state index in [1.807, 2.05) is 55.5 Å². The van der Waals surface area contributed by atoms with Gasteiger partial charge in [-0.1, -0.05) is 57.6 Å². The van der Waals surface area contributed by atoms with Crippen LogP contribution in [0.1, 0.15) is 43.5 Å². The molecule has 0 amide bonds. The molecule has 1 aliphatic rings. The number of ether oxygens (including phenoxy) is 5. The van der Waals surface area contributed by atoms with Crippen molar-refractivity contribution in [2.24, 2.45) is 4.99 Å². The van der Waals surface area contributed by atoms with Crippen molar-refractivity contribution in [3.63, 3.8) is 0 Å². The van der Waals surface area contributed by atoms with Crippen molar-refractivity contribution in [3.8, 4) is 17.2 Å². The molecule has 0 fully saturated rings. The molecular weight excluding hydrogens is 688 g/mol. The molecule has 1 aliphatic heterocycles. The van der Waals surface area contributed by atoms with Gasteiger partial charge >= 0.3 is 11.9 Å². The number of hydrogen-bond acceptors (Lipinski definition) is 10. The zero-order valence-corrected chi connectivity index (χ0v) is 28.7. The molecule has 0 aliphatic carbocycles. The Balaban J connectivity index is 1.55. The number of aromatic nitrogens is 1. The second kappa shape index (κ2) is 15.3. The molecule has 1 atom stereocenters. The van der Waals surface area contributed by atoms with E-state index in [2.05, 4.69) is 25.7 Å². The summed E-state index contributed by atoms with van der Waals surface area (Å²) in [7, 11) is 1.27. The molecule has 0 unspecified atom stereocenters. The minimum atomic E-state index is -0.859. The maximum Gasteiger partial charge on any atom is 0.343 e. The number of esters is 2. The van der Waals surface area contributed by atoms with E-state index in [1.54, 1.807) is 38.1 Å². The predicted molar refractivity (Wildman–Crippen MR) is 180 cm³/mol. The van der Waals surface area contributed by atoms with E-state index in [0.717, 1.165) is 15.6 Å². The molecule has 0 radical (unpaired) electrons. The number of carbonyl (C=O) groups is 2. The summed E-state index contributed by atoms with van der Waals surface area (Å²) in [6.45, 7) is 5.80. The van der Waals surface area contributed by atoms with Crippen LogP contribution in [-0.2, 0) is 25.7 Å². The van der Waals surface area contributed by atoms with Crippen molar-refractivity contribution < 1.29 is 33.3 Å². The van der Waals surface area contributed by atoms with Crippen LogP contribution in [0.5, 0.6) is 17.2 Å². The Morgan fingerprint density at radius 1 is 0.979 bits per heavy atom. The van der Waals surface area contributed by atoms with Crippen LogP contribution < -0.4 is 29.1 Å². The molecule has 1 aromatic heterocycles. The van der Waals surface area contributed by atoms with Crippen molar-refractivity contribution in [1.82, 2.24) is 4.57 Å². The van der Waals surface area contributed by atoms with E-state index in [-0.39, 0.29) is 24.3 Å². The highest BCUT2D eigenvalue weighted by Crippen LogP contribution is 2.36. The van der Waals surface area contributed by atoms with Gasteiger partial charge in [-0.25, -0.2) is 14.6 Å². The Morgan fingerprint density at radius 2 is 1.77 bits per heavy atom. The third-order valence-electron chi connectivity index (χ3n) is 7.15. The number of benzene rings is 3. The van der Waals surface area contributed by atoms with Crippen LogP contribution in [0.3, 0.4) is 0 Å². The van der Waals surface area contributed by atoms with Crippen LogP contribution in [0.15, 0.2) is 92.3 Å². The molecule has 10 nitrogen and oxygen atoms in total. The maximum atomic E-state index is 14.1. The van der Waals surface area contributed by atoms with Crippen LogP contribution in [0.4, 0.5) is 0 Å². The first-order chi connectivity index (χ1) is 22.7. The highest BCUT2D eigenvalue weighted by atomic mass is 79.9. The summed E-state index contributed by atoms with van der Waals surface area (Å²) in [5.41, 5.74) is 2.72. The first-order valence-electron chi connectivity index (χ1n) is 14.9. The SMILES string of the molecule is CCOC(=O)C1=C(C)N=c2s/c(=C/c3cccc(OCc4ccc(Br)cc4)c3)c(=O)n2[C@@H]1c1ccc(OCC(=O)OC)c(OCC)c1. The summed E-state index contributed by atoms with van der Waals surface area (Å²) < 4.78 is 30.5. The van der Waals surface area contributed by atoms with E-state index in [9.17, 15) is 14.4 Å². The van der Waals surface area contributed by atoms with Crippen LogP contribution >= 0.6 is 27.3 Å². The van der Waals surface area contributed by atoms with Gasteiger partial charge in [-0.15, -0.1) is 0 Å². The number of carbonyl (C=O) groups excluding carboxylic acids is 2. The van der Waals surface area contributed by atoms with E-state index in [0.29, 0.717) is 51.1 Å². The molecule has 47 heavy (non-hydrogen) atoms. The Labute approximate surface area is 283 Å². The topological polar surface area (TPSA) is 115 Å². The van der Waals surface area contributed by atoms with Gasteiger partial charge in [-0.2, -0.15) is 0 Å². The van der Waals surface area contributed by atoms with E-state index < -0.39 is 18.0 Å². The van der Waals surface area contributed by atoms with E-state index in [1.165, 1.54) is 23.0 Å². The van der Waals surface area contributed by atoms with Crippen LogP contribution in [-0.4, -0.2) is 43.4 Å². The van der Waals surface area contributed by atoms with Gasteiger partial charge in [0, 0.05) is 4.47 Å². The summed E-state index contributed by atoms with van der Waals surface area (Å²) in [4.78, 5) is 44.2. The standard InChI is InChI=1S/C35H33BrN2O8S/c1-5-43-28-18-24(12-15-27(28)46-20-30(39)42-4)32-31(34(41)44-6-2)21(3)37-35-38(32)33(40)29(47-35)17-23-8-7-9-26(16-23)45-19-22-10-13-25(36)14-11-22/h7-18,32H,5-6,19-20H2,1-4H3/b29-17+/t32-/m1/s1. The van der Waals surface area contributed by atoms with E-state index >= 15 is 0 Å². The predicted octanol–water partition coefficient (Wildman–Crippen LogP) is 5.09. The number of thiazole rings is 1. The highest BCUT2D eigenvalue weighted by Gasteiger charge is 2.34. The molecule has 0 spiro atoms. The van der Waals surface area contributed by atoms with Gasteiger partial charge < -0.3 is 23.7 Å². The molecule has 4 aromatic rings. The summed E-state index contributed by atoms with van der Waals surface area (Å²) >= 11 is 4.67. The zero-order chi connectivity index (χ0) is 33.5. The van der Waals surface area contributed by atoms with Crippen molar-refractivity contribution in [2.45, 2.75) is 33.4 Å². The molecule has 3 aromatic carbocycles. The number of halogens is 1. The van der Waals surface area contributed by atoms with Crippen LogP contribution in [0.2, 0.25) is 0 Å². The highest BCUT2D eigenvalue weighted by molar-refractivity contribution is 9.10. The van der Waals surface area contributed by atoms with Crippen molar-refractivity contribution in [3.05, 3.63) is 119 Å². The van der Waals surface area contributed by atoms with Crippen LogP contribution in [0, 0.1) is 0 Å². The third kappa shape index (κ3) is 7.83. The summed E-state index contributed by atoms with van der Waals surface area (Å²) in [5.74, 6) is 0.190. The molecule has 0 saturated heterocycles. The normalized spacial score (nSPS) is 14.2. The molecule has 0 bridgehead atoms. The molecule has 244 valence electrons. The van der Waals surface area contributed by atoms with Crippen molar-refractivity contribution in [1.29, 1.82) is 0 Å². The number of methoxy groups -OCH3 is 1. The lowest BCUT2D eigenvalue weighted by Gasteiger charge is -2.25. The van der Waals surface area contributed by atoms with Crippen molar-refractivity contribution >= 4 is 45.3 Å². The lowest BCUT2D eigenvalue weighted by atomic mass is 9.95. The largest absolute Gasteiger partial charge is 0.490 e. The third-order valence-corrected chi connectivity index (χ3v) is 8.66. The molecule has 0 saturated carbocycles. The fourth-order valence-corrected chi connectivity index (χ4v) is 6.29. The minimum Gasteiger partial charge on any atom is -0.490 e. The summed E-state index contributed by atoms with van der Waals surface area (Å²) in [6, 6.07) is 19.6. The Kier molecular flexibility index (Phi) is 10.9. The quantitative estimate of drug-likeness (QED) is 0.186. The van der Waals surface area contributed by atoms with Gasteiger partial charge in [0.2, 0.25) is 0 Å². The zero-order valence-electron chi connectivity index (χ0n) is 26.3. The minimum absolute atomic E-state index is 0.150. The van der Waals surface area contributed by atoms with Gasteiger partial charge in [0.25, 0.3) is 5.56 Å². The van der Waals surface area contributed by atoms with Crippen molar-refractivity contribution in [2.75, 3.05) is 26.9 Å². The molecule has 12 heteroatoms. The fraction of sp³-hybridized carbons (Fsp3) is 0.257. The number of allylic oxidation sites excluding steroid dienone is 1. The van der Waals surface area contributed by atoms with E-state index in [4.69, 9.17) is 18.9 Å². The maximum absolute atomic E-state index is 14.1. The smallest absolute Gasteiger partial charge is 0.343 e. The van der Waals surface area contributed by atoms with Gasteiger partial charge in [-0.05, 0) is 79.9 Å². The van der Waals surface area contributed by atoms with Gasteiger partial charge in [0.05, 0.1) is 42.2 Å². The monoisotopic (exact) mass is 720 g/mol. The molecule has 2 heterocycles. The van der Waals surface area contributed by atoms with Gasteiger partial charge in [0.15, 0.2) is 22.9 Å². The lowest BCUT2D eigenvalue weighted by Crippen LogP contribution is -2.40. The fourth-order valence-electron chi connectivity index (χ4n) is 4.98. The second-order valence-electron chi connectivity index (χ2n) is 10.3. The average Bonchev–Trinajstić information content (AvgIpc) is 3.36. The molecule has 5 rings (SSSR count). The number of fused-ring (bicyclic) bond motifs is 1. The Bertz CT molecular complexity index is 2000. The molecule has 0 N–H and O–H groups in total. The van der Waals surface area contributed by atoms with Crippen LogP contribution in [0.25, 0.3) is 6.08 Å². The lowest BCUT2D eigenvalue weighted by molar-refractivity contribution is -0.143. The summed E-state index contributed by atoms with van der Waals surface area (Å²) in [5, 5.41) is 0. The first-order valence-corrected chi connectivity index (χ1v) is 16.5. The number of hydrogen-bond donors (Lipinski definition) is 0. The van der Waals surface area contributed by atoms with Gasteiger partial charge in [0.1, 0.15) is 12.4 Å². The second-order valence-corrected chi connectivity index (χ2v) is 12.2.